The number of hydrogen-bond acceptors (Lipinski definition) is 5. The van der Waals surface area contributed by atoms with Crippen LogP contribution in [0, 0.1) is 0 Å². The molecule has 0 saturated heterocycles. The molecule has 0 aliphatic rings. The number of unbranched alkanes of at least 4 members (excludes halogenated alkanes) is 40. The lowest BCUT2D eigenvalue weighted by Gasteiger charge is -2.20. The van der Waals surface area contributed by atoms with Crippen molar-refractivity contribution >= 4 is 11.9 Å². The molecule has 6 heteroatoms. The number of aliphatic hydroxyl groups excluding tert-OH is 2. The van der Waals surface area contributed by atoms with Gasteiger partial charge in [0.2, 0.25) is 5.91 Å². The molecule has 64 heavy (non-hydrogen) atoms. The zero-order valence-electron chi connectivity index (χ0n) is 43.0. The third kappa shape index (κ3) is 49.8. The highest BCUT2D eigenvalue weighted by molar-refractivity contribution is 5.76. The Kier molecular flexibility index (Phi) is 52.6. The summed E-state index contributed by atoms with van der Waals surface area (Å²) in [5, 5.41) is 23.0. The predicted molar refractivity (Wildman–Crippen MR) is 278 cm³/mol. The fraction of sp³-hybridized carbons (Fsp3) is 0.897. The molecule has 0 aromatic carbocycles. The van der Waals surface area contributed by atoms with E-state index in [-0.39, 0.29) is 18.5 Å². The van der Waals surface area contributed by atoms with Crippen LogP contribution in [-0.2, 0) is 14.3 Å². The molecular weight excluding hydrogens is 791 g/mol. The van der Waals surface area contributed by atoms with E-state index in [1.807, 2.05) is 6.08 Å². The molecule has 2 atom stereocenters. The lowest BCUT2D eigenvalue weighted by atomic mass is 10.0. The first-order chi connectivity index (χ1) is 31.5. The molecule has 0 rings (SSSR count). The monoisotopic (exact) mass is 902 g/mol. The molecule has 0 aliphatic heterocycles. The van der Waals surface area contributed by atoms with Crippen LogP contribution in [0.5, 0.6) is 0 Å². The number of carbonyl (C=O) groups is 2. The summed E-state index contributed by atoms with van der Waals surface area (Å²) >= 11 is 0. The third-order valence-corrected chi connectivity index (χ3v) is 13.2. The van der Waals surface area contributed by atoms with Crippen LogP contribution in [0.2, 0.25) is 0 Å². The summed E-state index contributed by atoms with van der Waals surface area (Å²) in [6.07, 6.45) is 64.9. The minimum atomic E-state index is -0.843. The average molecular weight is 903 g/mol. The van der Waals surface area contributed by atoms with Crippen LogP contribution >= 0.6 is 0 Å². The fourth-order valence-electron chi connectivity index (χ4n) is 8.81. The zero-order chi connectivity index (χ0) is 46.5. The van der Waals surface area contributed by atoms with Gasteiger partial charge in [0.1, 0.15) is 0 Å². The maximum Gasteiger partial charge on any atom is 0.305 e. The normalized spacial score (nSPS) is 12.8. The SMILES string of the molecule is CCCCCCCCC/C=C\CCCCCCCC(=O)OCCCCCCCCCCCCCCCCCCCCCCCC(=O)NC(CO)C(O)/C=C/CCCCCCCCCC. The lowest BCUT2D eigenvalue weighted by molar-refractivity contribution is -0.143. The highest BCUT2D eigenvalue weighted by atomic mass is 16.5. The van der Waals surface area contributed by atoms with Gasteiger partial charge in [-0.15, -0.1) is 0 Å². The number of nitrogens with one attached hydrogen (secondary N) is 1. The second-order valence-corrected chi connectivity index (χ2v) is 19.6. The second kappa shape index (κ2) is 54.0. The highest BCUT2D eigenvalue weighted by Gasteiger charge is 2.18. The maximum atomic E-state index is 12.4. The van der Waals surface area contributed by atoms with Gasteiger partial charge < -0.3 is 20.3 Å². The van der Waals surface area contributed by atoms with Crippen molar-refractivity contribution < 1.29 is 24.5 Å². The Hall–Kier alpha value is -1.66. The first-order valence-corrected chi connectivity index (χ1v) is 28.6. The molecular formula is C58H111NO5. The number of rotatable bonds is 53. The summed E-state index contributed by atoms with van der Waals surface area (Å²) in [6.45, 7) is 4.88. The van der Waals surface area contributed by atoms with Gasteiger partial charge in [0.25, 0.3) is 0 Å². The molecule has 0 saturated carbocycles. The van der Waals surface area contributed by atoms with Gasteiger partial charge in [-0.3, -0.25) is 9.59 Å². The lowest BCUT2D eigenvalue weighted by Crippen LogP contribution is -2.45. The topological polar surface area (TPSA) is 95.9 Å². The third-order valence-electron chi connectivity index (χ3n) is 13.2. The Morgan fingerprint density at radius 2 is 0.734 bits per heavy atom. The van der Waals surface area contributed by atoms with E-state index in [9.17, 15) is 19.8 Å². The number of aliphatic hydroxyl groups is 2. The van der Waals surface area contributed by atoms with Crippen molar-refractivity contribution in [3.63, 3.8) is 0 Å². The van der Waals surface area contributed by atoms with Crippen molar-refractivity contribution in [2.24, 2.45) is 0 Å². The molecule has 0 aromatic rings. The van der Waals surface area contributed by atoms with Crippen LogP contribution < -0.4 is 5.32 Å². The molecule has 6 nitrogen and oxygen atoms in total. The van der Waals surface area contributed by atoms with Gasteiger partial charge in [0, 0.05) is 12.8 Å². The van der Waals surface area contributed by atoms with Crippen LogP contribution in [0.1, 0.15) is 309 Å². The number of carbonyl (C=O) groups excluding carboxylic acids is 2. The van der Waals surface area contributed by atoms with Gasteiger partial charge in [0.05, 0.1) is 25.4 Å². The Labute approximate surface area is 399 Å². The summed E-state index contributed by atoms with van der Waals surface area (Å²) in [5.41, 5.74) is 0. The van der Waals surface area contributed by atoms with Crippen molar-refractivity contribution in [3.05, 3.63) is 24.3 Å². The van der Waals surface area contributed by atoms with Gasteiger partial charge >= 0.3 is 5.97 Å². The van der Waals surface area contributed by atoms with Gasteiger partial charge in [-0.2, -0.15) is 0 Å². The van der Waals surface area contributed by atoms with Crippen molar-refractivity contribution in [1.29, 1.82) is 0 Å². The van der Waals surface area contributed by atoms with E-state index >= 15 is 0 Å². The first-order valence-electron chi connectivity index (χ1n) is 28.6. The summed E-state index contributed by atoms with van der Waals surface area (Å²) in [4.78, 5) is 24.4. The number of esters is 1. The number of amides is 1. The molecule has 0 fully saturated rings. The maximum absolute atomic E-state index is 12.4. The Balaban J connectivity index is 3.37. The average Bonchev–Trinajstić information content (AvgIpc) is 3.29. The fourth-order valence-corrected chi connectivity index (χ4v) is 8.81. The van der Waals surface area contributed by atoms with Crippen LogP contribution in [0.4, 0.5) is 0 Å². The minimum Gasteiger partial charge on any atom is -0.466 e. The second-order valence-electron chi connectivity index (χ2n) is 19.6. The summed E-state index contributed by atoms with van der Waals surface area (Å²) in [5.74, 6) is -0.0667. The van der Waals surface area contributed by atoms with Gasteiger partial charge in [-0.1, -0.05) is 263 Å². The Bertz CT molecular complexity index is 997. The van der Waals surface area contributed by atoms with Gasteiger partial charge in [-0.25, -0.2) is 0 Å². The van der Waals surface area contributed by atoms with Crippen molar-refractivity contribution in [2.45, 2.75) is 321 Å². The van der Waals surface area contributed by atoms with E-state index in [1.54, 1.807) is 6.08 Å². The molecule has 0 aromatic heterocycles. The molecule has 0 aliphatic carbocycles. The minimum absolute atomic E-state index is 0.00386. The van der Waals surface area contributed by atoms with Crippen molar-refractivity contribution in [1.82, 2.24) is 5.32 Å². The van der Waals surface area contributed by atoms with Gasteiger partial charge in [-0.05, 0) is 57.8 Å². The van der Waals surface area contributed by atoms with E-state index in [4.69, 9.17) is 4.74 Å². The van der Waals surface area contributed by atoms with E-state index in [1.165, 1.54) is 238 Å². The van der Waals surface area contributed by atoms with E-state index < -0.39 is 12.1 Å². The number of ether oxygens (including phenoxy) is 1. The van der Waals surface area contributed by atoms with E-state index in [0.29, 0.717) is 19.4 Å². The summed E-state index contributed by atoms with van der Waals surface area (Å²) in [6, 6.07) is -0.626. The van der Waals surface area contributed by atoms with Crippen molar-refractivity contribution in [3.8, 4) is 0 Å². The van der Waals surface area contributed by atoms with Crippen LogP contribution in [0.15, 0.2) is 24.3 Å². The van der Waals surface area contributed by atoms with Crippen LogP contribution in [0.3, 0.4) is 0 Å². The summed E-state index contributed by atoms with van der Waals surface area (Å²) in [7, 11) is 0. The highest BCUT2D eigenvalue weighted by Crippen LogP contribution is 2.17. The molecule has 1 amide bonds. The largest absolute Gasteiger partial charge is 0.466 e. The molecule has 2 unspecified atom stereocenters. The molecule has 0 spiro atoms. The number of hydrogen-bond donors (Lipinski definition) is 3. The zero-order valence-corrected chi connectivity index (χ0v) is 43.0. The Morgan fingerprint density at radius 3 is 1.11 bits per heavy atom. The van der Waals surface area contributed by atoms with E-state index in [2.05, 4.69) is 31.3 Å². The smallest absolute Gasteiger partial charge is 0.305 e. The number of allylic oxidation sites excluding steroid dienone is 3. The molecule has 0 heterocycles. The summed E-state index contributed by atoms with van der Waals surface area (Å²) < 4.78 is 5.48. The predicted octanol–water partition coefficient (Wildman–Crippen LogP) is 17.5. The van der Waals surface area contributed by atoms with E-state index in [0.717, 1.165) is 44.9 Å². The molecule has 0 bridgehead atoms. The van der Waals surface area contributed by atoms with Crippen LogP contribution in [-0.4, -0.2) is 47.4 Å². The first kappa shape index (κ1) is 62.3. The van der Waals surface area contributed by atoms with Gasteiger partial charge in [0.15, 0.2) is 0 Å². The quantitative estimate of drug-likeness (QED) is 0.0321. The van der Waals surface area contributed by atoms with Crippen LogP contribution in [0.25, 0.3) is 0 Å². The molecule has 0 radical (unpaired) electrons. The van der Waals surface area contributed by atoms with Crippen molar-refractivity contribution in [2.75, 3.05) is 13.2 Å². The molecule has 378 valence electrons. The standard InChI is InChI=1S/C58H111NO5/c1-3-5-7-9-11-13-15-16-17-26-29-32-36-40-44-48-52-58(63)64-53-49-45-41-37-33-30-27-24-22-20-18-19-21-23-25-28-31-35-39-43-47-51-57(62)59-55(54-60)56(61)50-46-42-38-34-14-12-10-8-6-4-2/h17,26,46,50,55-56,60-61H,3-16,18-25,27-45,47-49,51-54H2,1-2H3,(H,59,62)/b26-17-,50-46+. The Morgan fingerprint density at radius 1 is 0.422 bits per heavy atom. The molecule has 3 N–H and O–H groups in total.